The zero-order valence-electron chi connectivity index (χ0n) is 48.0. The van der Waals surface area contributed by atoms with Gasteiger partial charge in [-0.2, -0.15) is 0 Å². The van der Waals surface area contributed by atoms with Gasteiger partial charge in [-0.25, -0.2) is 0 Å². The van der Waals surface area contributed by atoms with Gasteiger partial charge in [0.15, 0.2) is 0 Å². The number of esters is 1. The van der Waals surface area contributed by atoms with E-state index in [1.165, 1.54) is 276 Å². The van der Waals surface area contributed by atoms with Gasteiger partial charge in [-0.3, -0.25) is 9.59 Å². The van der Waals surface area contributed by atoms with E-state index in [1.807, 2.05) is 0 Å². The van der Waals surface area contributed by atoms with E-state index in [9.17, 15) is 19.8 Å². The molecule has 0 aliphatic carbocycles. The highest BCUT2D eigenvalue weighted by Crippen LogP contribution is 2.18. The molecule has 6 nitrogen and oxygen atoms in total. The van der Waals surface area contributed by atoms with Gasteiger partial charge in [-0.15, -0.1) is 0 Å². The maximum atomic E-state index is 12.5. The summed E-state index contributed by atoms with van der Waals surface area (Å²) in [7, 11) is 0. The van der Waals surface area contributed by atoms with Gasteiger partial charge in [0, 0.05) is 12.8 Å². The first-order valence-electron chi connectivity index (χ1n) is 32.1. The monoisotopic (exact) mass is 1000 g/mol. The predicted molar refractivity (Wildman–Crippen MR) is 310 cm³/mol. The van der Waals surface area contributed by atoms with Crippen LogP contribution in [-0.4, -0.2) is 47.4 Å². The number of carbonyl (C=O) groups is 2. The van der Waals surface area contributed by atoms with Crippen molar-refractivity contribution in [2.75, 3.05) is 13.2 Å². The number of nitrogens with one attached hydrogen (secondary N) is 1. The molecule has 0 heterocycles. The van der Waals surface area contributed by atoms with Crippen LogP contribution in [0.5, 0.6) is 0 Å². The van der Waals surface area contributed by atoms with Crippen molar-refractivity contribution in [1.82, 2.24) is 5.32 Å². The van der Waals surface area contributed by atoms with Gasteiger partial charge >= 0.3 is 5.97 Å². The Balaban J connectivity index is 3.42. The summed E-state index contributed by atoms with van der Waals surface area (Å²) in [5, 5.41) is 23.4. The second-order valence-electron chi connectivity index (χ2n) is 22.1. The summed E-state index contributed by atoms with van der Waals surface area (Å²) in [6, 6.07) is -0.547. The highest BCUT2D eigenvalue weighted by molar-refractivity contribution is 5.76. The van der Waals surface area contributed by atoms with E-state index in [0.29, 0.717) is 25.9 Å². The molecule has 0 saturated heterocycles. The first kappa shape index (κ1) is 69.3. The number of aliphatic hydroxyl groups is 2. The third-order valence-electron chi connectivity index (χ3n) is 15.0. The second kappa shape index (κ2) is 60.9. The molecule has 0 aliphatic heterocycles. The molecular weight excluding hydrogens is 875 g/mol. The summed E-state index contributed by atoms with van der Waals surface area (Å²) >= 11 is 0. The number of rotatable bonds is 60. The Morgan fingerprint density at radius 1 is 0.380 bits per heavy atom. The number of unbranched alkanes of at least 4 members (excludes halogenated alkanes) is 45. The lowest BCUT2D eigenvalue weighted by Gasteiger charge is -2.22. The number of hydrogen-bond donors (Lipinski definition) is 3. The minimum Gasteiger partial charge on any atom is -0.466 e. The Kier molecular flexibility index (Phi) is 59.5. The molecule has 420 valence electrons. The highest BCUT2D eigenvalue weighted by atomic mass is 16.5. The van der Waals surface area contributed by atoms with Crippen molar-refractivity contribution < 1.29 is 24.5 Å². The van der Waals surface area contributed by atoms with Gasteiger partial charge < -0.3 is 20.3 Å². The number of amides is 1. The van der Waals surface area contributed by atoms with Gasteiger partial charge in [0.05, 0.1) is 25.4 Å². The van der Waals surface area contributed by atoms with Crippen molar-refractivity contribution in [2.24, 2.45) is 0 Å². The average Bonchev–Trinajstić information content (AvgIpc) is 3.37. The van der Waals surface area contributed by atoms with Crippen LogP contribution in [0.4, 0.5) is 0 Å². The van der Waals surface area contributed by atoms with E-state index in [4.69, 9.17) is 4.74 Å². The first-order chi connectivity index (χ1) is 35.0. The largest absolute Gasteiger partial charge is 0.466 e. The van der Waals surface area contributed by atoms with Gasteiger partial charge in [0.25, 0.3) is 0 Å². The lowest BCUT2D eigenvalue weighted by Crippen LogP contribution is -2.45. The molecule has 0 rings (SSSR count). The number of aliphatic hydroxyl groups excluding tert-OH is 2. The number of carbonyl (C=O) groups excluding carboxylic acids is 2. The molecule has 6 heteroatoms. The third kappa shape index (κ3) is 57.5. The van der Waals surface area contributed by atoms with Crippen molar-refractivity contribution in [3.8, 4) is 0 Å². The zero-order chi connectivity index (χ0) is 51.4. The molecule has 0 aromatic carbocycles. The lowest BCUT2D eigenvalue weighted by molar-refractivity contribution is -0.143. The lowest BCUT2D eigenvalue weighted by atomic mass is 10.0. The topological polar surface area (TPSA) is 95.9 Å². The van der Waals surface area contributed by atoms with Crippen LogP contribution in [-0.2, 0) is 14.3 Å². The summed E-state index contributed by atoms with van der Waals surface area (Å²) < 4.78 is 5.47. The molecule has 1 amide bonds. The fraction of sp³-hybridized carbons (Fsp3) is 0.908. The van der Waals surface area contributed by atoms with Crippen molar-refractivity contribution in [3.05, 3.63) is 24.3 Å². The summed E-state index contributed by atoms with van der Waals surface area (Å²) in [4.78, 5) is 24.5. The Hall–Kier alpha value is -1.66. The molecule has 0 spiro atoms. The van der Waals surface area contributed by atoms with Crippen LogP contribution < -0.4 is 5.32 Å². The fourth-order valence-corrected chi connectivity index (χ4v) is 10.0. The maximum absolute atomic E-state index is 12.5. The summed E-state index contributed by atoms with van der Waals surface area (Å²) in [6.45, 7) is 4.95. The third-order valence-corrected chi connectivity index (χ3v) is 15.0. The molecule has 0 bridgehead atoms. The van der Waals surface area contributed by atoms with E-state index in [-0.39, 0.29) is 18.5 Å². The normalized spacial score (nSPS) is 12.7. The van der Waals surface area contributed by atoms with Crippen LogP contribution in [0.2, 0.25) is 0 Å². The predicted octanol–water partition coefficient (Wildman–Crippen LogP) is 20.2. The van der Waals surface area contributed by atoms with Crippen LogP contribution in [0.15, 0.2) is 24.3 Å². The fourth-order valence-electron chi connectivity index (χ4n) is 10.0. The molecule has 0 aromatic heterocycles. The van der Waals surface area contributed by atoms with Crippen LogP contribution in [0.25, 0.3) is 0 Å². The minimum absolute atomic E-state index is 0.00122. The molecule has 2 atom stereocenters. The standard InChI is InChI=1S/C65H125NO5/c1-3-5-7-9-11-13-15-17-18-19-24-27-30-34-37-41-45-49-53-57-63(68)62(61-67)66-64(69)58-54-50-46-42-38-35-31-28-25-22-20-21-23-26-29-32-36-40-44-48-52-56-60-71-65(70)59-55-51-47-43-39-33-16-14-12-10-8-6-4-2/h14,16,22,25,62-63,67-68H,3-13,15,17-21,23-24,26-61H2,1-2H3,(H,66,69)/b16-14-,25-22-. The molecule has 0 aromatic rings. The summed E-state index contributed by atoms with van der Waals surface area (Å²) in [5.41, 5.74) is 0. The van der Waals surface area contributed by atoms with Gasteiger partial charge in [0.1, 0.15) is 0 Å². The SMILES string of the molecule is CCCCCC/C=C\CCCCCCCC(=O)OCCCCCCCCCCCCC/C=C\CCCCCCCCCC(=O)NC(CO)C(O)CCCCCCCCCCCCCCCCCCCCC. The molecule has 71 heavy (non-hydrogen) atoms. The zero-order valence-corrected chi connectivity index (χ0v) is 48.0. The van der Waals surface area contributed by atoms with E-state index < -0.39 is 12.1 Å². The van der Waals surface area contributed by atoms with Crippen LogP contribution in [0.3, 0.4) is 0 Å². The van der Waals surface area contributed by atoms with Crippen molar-refractivity contribution >= 4 is 11.9 Å². The smallest absolute Gasteiger partial charge is 0.305 e. The second-order valence-corrected chi connectivity index (χ2v) is 22.1. The summed E-state index contributed by atoms with van der Waals surface area (Å²) in [6.07, 6.45) is 74.8. The number of hydrogen-bond acceptors (Lipinski definition) is 5. The molecule has 0 saturated carbocycles. The molecule has 2 unspecified atom stereocenters. The molecule has 3 N–H and O–H groups in total. The Bertz CT molecular complexity index is 1110. The van der Waals surface area contributed by atoms with Crippen molar-refractivity contribution in [2.45, 2.75) is 366 Å². The van der Waals surface area contributed by atoms with Gasteiger partial charge in [-0.05, 0) is 77.0 Å². The molecular formula is C65H125NO5. The van der Waals surface area contributed by atoms with Crippen molar-refractivity contribution in [1.29, 1.82) is 0 Å². The van der Waals surface area contributed by atoms with E-state index in [2.05, 4.69) is 43.5 Å². The van der Waals surface area contributed by atoms with Crippen LogP contribution in [0, 0.1) is 0 Å². The van der Waals surface area contributed by atoms with E-state index in [1.54, 1.807) is 0 Å². The van der Waals surface area contributed by atoms with Gasteiger partial charge in [-0.1, -0.05) is 289 Å². The maximum Gasteiger partial charge on any atom is 0.305 e. The molecule has 0 radical (unpaired) electrons. The minimum atomic E-state index is -0.669. The van der Waals surface area contributed by atoms with Crippen molar-refractivity contribution in [3.63, 3.8) is 0 Å². The van der Waals surface area contributed by atoms with E-state index >= 15 is 0 Å². The number of allylic oxidation sites excluding steroid dienone is 4. The Labute approximate surface area is 443 Å². The van der Waals surface area contributed by atoms with Gasteiger partial charge in [0.2, 0.25) is 5.91 Å². The molecule has 0 fully saturated rings. The quantitative estimate of drug-likeness (QED) is 0.0320. The summed E-state index contributed by atoms with van der Waals surface area (Å²) in [5.74, 6) is -0.0377. The van der Waals surface area contributed by atoms with Crippen LogP contribution in [0.1, 0.15) is 354 Å². The Morgan fingerprint density at radius 2 is 0.662 bits per heavy atom. The first-order valence-corrected chi connectivity index (χ1v) is 32.1. The van der Waals surface area contributed by atoms with Crippen LogP contribution >= 0.6 is 0 Å². The average molecular weight is 1000 g/mol. The highest BCUT2D eigenvalue weighted by Gasteiger charge is 2.20. The van der Waals surface area contributed by atoms with E-state index in [0.717, 1.165) is 44.9 Å². The molecule has 0 aliphatic rings. The number of ether oxygens (including phenoxy) is 1. The Morgan fingerprint density at radius 3 is 1.01 bits per heavy atom.